The molecule has 1 saturated carbocycles. The summed E-state index contributed by atoms with van der Waals surface area (Å²) in [7, 11) is 2.21. The Kier molecular flexibility index (Phi) is 5.36. The zero-order chi connectivity index (χ0) is 17.1. The Balaban J connectivity index is 1.48. The lowest BCUT2D eigenvalue weighted by Gasteiger charge is -2.28. The van der Waals surface area contributed by atoms with E-state index in [1.54, 1.807) is 0 Å². The molecule has 0 unspecified atom stereocenters. The topological polar surface area (TPSA) is 46.8 Å². The molecular weight excluding hydrogens is 330 g/mol. The van der Waals surface area contributed by atoms with Gasteiger partial charge in [0.25, 0.3) is 0 Å². The lowest BCUT2D eigenvalue weighted by atomic mass is 9.94. The van der Waals surface area contributed by atoms with Crippen molar-refractivity contribution in [3.05, 3.63) is 36.0 Å². The molecule has 6 heteroatoms. The van der Waals surface area contributed by atoms with E-state index in [0.717, 1.165) is 35.6 Å². The molecular formula is C19H27N5S. The highest BCUT2D eigenvalue weighted by molar-refractivity contribution is 7.98. The summed E-state index contributed by atoms with van der Waals surface area (Å²) in [6.45, 7) is 2.38. The first kappa shape index (κ1) is 17.0. The molecule has 0 radical (unpaired) electrons. The van der Waals surface area contributed by atoms with Gasteiger partial charge in [0.15, 0.2) is 11.6 Å². The number of pyridine rings is 1. The maximum Gasteiger partial charge on any atom is 0.155 e. The molecule has 0 amide bonds. The molecule has 0 spiro atoms. The van der Waals surface area contributed by atoms with Crippen molar-refractivity contribution in [3.63, 3.8) is 0 Å². The number of likely N-dealkylation sites (tertiary alicyclic amines) is 1. The standard InChI is InChI=1S/C19H27N5S/c1-23-10-7-15(8-11-23)12-17-21-19(14-25-13-16-5-6-16)24(22-17)18-4-2-3-9-20-18/h2-4,9,15-16H,5-8,10-14H2,1H3. The summed E-state index contributed by atoms with van der Waals surface area (Å²) >= 11 is 1.99. The van der Waals surface area contributed by atoms with Crippen LogP contribution in [0.1, 0.15) is 37.3 Å². The summed E-state index contributed by atoms with van der Waals surface area (Å²) in [5, 5.41) is 4.82. The van der Waals surface area contributed by atoms with Crippen molar-refractivity contribution in [1.29, 1.82) is 0 Å². The molecule has 25 heavy (non-hydrogen) atoms. The number of aromatic nitrogens is 4. The maximum atomic E-state index is 4.89. The molecule has 0 N–H and O–H groups in total. The molecule has 2 aromatic heterocycles. The van der Waals surface area contributed by atoms with Crippen LogP contribution >= 0.6 is 11.8 Å². The molecule has 2 aliphatic rings. The van der Waals surface area contributed by atoms with Crippen LogP contribution in [0, 0.1) is 11.8 Å². The molecule has 0 bridgehead atoms. The molecule has 5 nitrogen and oxygen atoms in total. The third-order valence-corrected chi connectivity index (χ3v) is 6.34. The van der Waals surface area contributed by atoms with Gasteiger partial charge in [-0.15, -0.1) is 5.10 Å². The first-order valence-electron chi connectivity index (χ1n) is 9.40. The monoisotopic (exact) mass is 357 g/mol. The summed E-state index contributed by atoms with van der Waals surface area (Å²) in [6.07, 6.45) is 8.13. The van der Waals surface area contributed by atoms with E-state index in [1.165, 1.54) is 44.5 Å². The fraction of sp³-hybridized carbons (Fsp3) is 0.632. The first-order chi connectivity index (χ1) is 12.3. The molecule has 4 rings (SSSR count). The highest BCUT2D eigenvalue weighted by Gasteiger charge is 2.23. The Morgan fingerprint density at radius 3 is 2.68 bits per heavy atom. The van der Waals surface area contributed by atoms with Gasteiger partial charge < -0.3 is 4.90 Å². The molecule has 0 atom stereocenters. The fourth-order valence-corrected chi connectivity index (χ4v) is 4.51. The van der Waals surface area contributed by atoms with Crippen LogP contribution < -0.4 is 0 Å². The number of hydrogen-bond acceptors (Lipinski definition) is 5. The molecule has 3 heterocycles. The second kappa shape index (κ2) is 7.87. The van der Waals surface area contributed by atoms with Crippen LogP contribution in [0.5, 0.6) is 0 Å². The average molecular weight is 358 g/mol. The normalized spacial score (nSPS) is 19.4. The van der Waals surface area contributed by atoms with Gasteiger partial charge in [0.05, 0.1) is 5.75 Å². The minimum atomic E-state index is 0.711. The number of thioether (sulfide) groups is 1. The molecule has 1 saturated heterocycles. The van der Waals surface area contributed by atoms with E-state index >= 15 is 0 Å². The summed E-state index contributed by atoms with van der Waals surface area (Å²) in [5.74, 6) is 6.74. The third kappa shape index (κ3) is 4.61. The SMILES string of the molecule is CN1CCC(Cc2nc(CSCC3CC3)n(-c3ccccn3)n2)CC1. The maximum absolute atomic E-state index is 4.89. The molecule has 1 aliphatic heterocycles. The van der Waals surface area contributed by atoms with Gasteiger partial charge in [-0.25, -0.2) is 9.97 Å². The summed E-state index contributed by atoms with van der Waals surface area (Å²) < 4.78 is 1.96. The minimum absolute atomic E-state index is 0.711. The predicted molar refractivity (Wildman–Crippen MR) is 102 cm³/mol. The van der Waals surface area contributed by atoms with E-state index in [0.29, 0.717) is 5.92 Å². The third-order valence-electron chi connectivity index (χ3n) is 5.18. The number of nitrogens with zero attached hydrogens (tertiary/aromatic N) is 5. The van der Waals surface area contributed by atoms with Crippen LogP contribution in [0.15, 0.2) is 24.4 Å². The van der Waals surface area contributed by atoms with Gasteiger partial charge in [-0.3, -0.25) is 0 Å². The Bertz CT molecular complexity index is 674. The van der Waals surface area contributed by atoms with Gasteiger partial charge >= 0.3 is 0 Å². The molecule has 0 aromatic carbocycles. The fourth-order valence-electron chi connectivity index (χ4n) is 3.36. The Morgan fingerprint density at radius 2 is 1.96 bits per heavy atom. The predicted octanol–water partition coefficient (Wildman–Crippen LogP) is 3.19. The van der Waals surface area contributed by atoms with Gasteiger partial charge in [-0.05, 0) is 75.5 Å². The van der Waals surface area contributed by atoms with E-state index in [4.69, 9.17) is 10.1 Å². The van der Waals surface area contributed by atoms with Crippen molar-refractivity contribution < 1.29 is 0 Å². The summed E-state index contributed by atoms with van der Waals surface area (Å²) in [6, 6.07) is 5.98. The second-order valence-corrected chi connectivity index (χ2v) is 8.48. The Labute approximate surface area is 154 Å². The second-order valence-electron chi connectivity index (χ2n) is 7.45. The van der Waals surface area contributed by atoms with Crippen LogP contribution in [0.3, 0.4) is 0 Å². The number of rotatable bonds is 7. The lowest BCUT2D eigenvalue weighted by Crippen LogP contribution is -2.31. The largest absolute Gasteiger partial charge is 0.306 e. The quantitative estimate of drug-likeness (QED) is 0.761. The van der Waals surface area contributed by atoms with E-state index in [-0.39, 0.29) is 0 Å². The molecule has 2 fully saturated rings. The van der Waals surface area contributed by atoms with E-state index in [2.05, 4.69) is 16.9 Å². The van der Waals surface area contributed by atoms with Crippen LogP contribution in [-0.4, -0.2) is 50.5 Å². The van der Waals surface area contributed by atoms with E-state index < -0.39 is 0 Å². The van der Waals surface area contributed by atoms with Crippen molar-refractivity contribution in [2.24, 2.45) is 11.8 Å². The van der Waals surface area contributed by atoms with Crippen LogP contribution in [0.2, 0.25) is 0 Å². The minimum Gasteiger partial charge on any atom is -0.306 e. The average Bonchev–Trinajstić information content (AvgIpc) is 3.37. The van der Waals surface area contributed by atoms with Gasteiger partial charge in [0.2, 0.25) is 0 Å². The molecule has 2 aromatic rings. The van der Waals surface area contributed by atoms with Crippen molar-refractivity contribution in [1.82, 2.24) is 24.6 Å². The lowest BCUT2D eigenvalue weighted by molar-refractivity contribution is 0.217. The van der Waals surface area contributed by atoms with Crippen LogP contribution in [0.25, 0.3) is 5.82 Å². The molecule has 1 aliphatic carbocycles. The van der Waals surface area contributed by atoms with Crippen molar-refractivity contribution in [2.45, 2.75) is 37.9 Å². The Morgan fingerprint density at radius 1 is 1.12 bits per heavy atom. The van der Waals surface area contributed by atoms with Crippen LogP contribution in [-0.2, 0) is 12.2 Å². The smallest absolute Gasteiger partial charge is 0.155 e. The number of hydrogen-bond donors (Lipinski definition) is 0. The summed E-state index contributed by atoms with van der Waals surface area (Å²) in [5.41, 5.74) is 0. The Hall–Kier alpha value is -1.40. The number of piperidine rings is 1. The van der Waals surface area contributed by atoms with Gasteiger partial charge in [-0.2, -0.15) is 16.4 Å². The zero-order valence-corrected chi connectivity index (χ0v) is 15.8. The molecule has 134 valence electrons. The van der Waals surface area contributed by atoms with Crippen LogP contribution in [0.4, 0.5) is 0 Å². The van der Waals surface area contributed by atoms with Crippen molar-refractivity contribution >= 4 is 11.8 Å². The van der Waals surface area contributed by atoms with E-state index in [1.807, 2.05) is 40.8 Å². The zero-order valence-electron chi connectivity index (χ0n) is 15.0. The van der Waals surface area contributed by atoms with Gasteiger partial charge in [-0.1, -0.05) is 6.07 Å². The van der Waals surface area contributed by atoms with Gasteiger partial charge in [0, 0.05) is 12.6 Å². The van der Waals surface area contributed by atoms with Crippen molar-refractivity contribution in [3.8, 4) is 5.82 Å². The van der Waals surface area contributed by atoms with Crippen molar-refractivity contribution in [2.75, 3.05) is 25.9 Å². The first-order valence-corrected chi connectivity index (χ1v) is 10.6. The van der Waals surface area contributed by atoms with E-state index in [9.17, 15) is 0 Å². The highest BCUT2D eigenvalue weighted by Crippen LogP contribution is 2.33. The van der Waals surface area contributed by atoms with Gasteiger partial charge in [0.1, 0.15) is 5.82 Å². The summed E-state index contributed by atoms with van der Waals surface area (Å²) in [4.78, 5) is 11.8. The highest BCUT2D eigenvalue weighted by atomic mass is 32.2.